The monoisotopic (exact) mass is 453 g/mol. The SMILES string of the molecule is CCC1(C)CC2CCCCN/C=C(\C=N)SNC(=O)c3ccc(-n4cccn4)nc3N1C2. The summed E-state index contributed by atoms with van der Waals surface area (Å²) in [6, 6.07) is 5.53. The van der Waals surface area contributed by atoms with E-state index in [9.17, 15) is 4.79 Å². The van der Waals surface area contributed by atoms with E-state index in [4.69, 9.17) is 10.4 Å². The quantitative estimate of drug-likeness (QED) is 0.481. The van der Waals surface area contributed by atoms with Gasteiger partial charge in [-0.15, -0.1) is 0 Å². The molecule has 170 valence electrons. The number of rotatable bonds is 3. The van der Waals surface area contributed by atoms with Crippen molar-refractivity contribution in [1.29, 1.82) is 5.41 Å². The highest BCUT2D eigenvalue weighted by Crippen LogP contribution is 2.41. The number of carbonyl (C=O) groups is 1. The fourth-order valence-electron chi connectivity index (χ4n) is 4.59. The molecule has 1 saturated heterocycles. The number of allylic oxidation sites excluding steroid dienone is 1. The Morgan fingerprint density at radius 2 is 2.25 bits per heavy atom. The lowest BCUT2D eigenvalue weighted by atomic mass is 9.89. The van der Waals surface area contributed by atoms with E-state index < -0.39 is 0 Å². The molecule has 0 aliphatic carbocycles. The average molecular weight is 454 g/mol. The van der Waals surface area contributed by atoms with Crippen LogP contribution in [0.25, 0.3) is 5.82 Å². The molecule has 0 radical (unpaired) electrons. The molecular formula is C23H31N7OS. The summed E-state index contributed by atoms with van der Waals surface area (Å²) in [6.45, 7) is 6.26. The number of pyridine rings is 1. The molecule has 2 aromatic heterocycles. The predicted octanol–water partition coefficient (Wildman–Crippen LogP) is 3.90. The number of aromatic nitrogens is 3. The molecule has 0 aromatic carbocycles. The highest BCUT2D eigenvalue weighted by molar-refractivity contribution is 8.02. The first-order valence-corrected chi connectivity index (χ1v) is 12.1. The molecule has 4 rings (SSSR count). The van der Waals surface area contributed by atoms with Crippen molar-refractivity contribution in [1.82, 2.24) is 24.8 Å². The van der Waals surface area contributed by atoms with Gasteiger partial charge in [-0.3, -0.25) is 9.52 Å². The molecule has 1 amide bonds. The molecule has 3 N–H and O–H groups in total. The van der Waals surface area contributed by atoms with E-state index in [1.165, 1.54) is 6.21 Å². The van der Waals surface area contributed by atoms with E-state index in [-0.39, 0.29) is 11.4 Å². The minimum absolute atomic E-state index is 0.0576. The van der Waals surface area contributed by atoms with Crippen molar-refractivity contribution in [2.45, 2.75) is 51.5 Å². The van der Waals surface area contributed by atoms with Gasteiger partial charge in [-0.25, -0.2) is 9.67 Å². The largest absolute Gasteiger partial charge is 0.390 e. The number of fused-ring (bicyclic) bond motifs is 4. The second kappa shape index (κ2) is 9.77. The van der Waals surface area contributed by atoms with E-state index in [0.717, 1.165) is 57.1 Å². The molecule has 8 nitrogen and oxygen atoms in total. The third-order valence-electron chi connectivity index (χ3n) is 6.51. The van der Waals surface area contributed by atoms with Crippen molar-refractivity contribution in [2.24, 2.45) is 5.92 Å². The molecule has 1 fully saturated rings. The minimum atomic E-state index is -0.214. The number of amides is 1. The first-order chi connectivity index (χ1) is 15.5. The van der Waals surface area contributed by atoms with E-state index in [1.807, 2.05) is 24.4 Å². The zero-order chi connectivity index (χ0) is 22.6. The first kappa shape index (κ1) is 22.4. The van der Waals surface area contributed by atoms with Crippen molar-refractivity contribution >= 4 is 29.9 Å². The summed E-state index contributed by atoms with van der Waals surface area (Å²) in [4.78, 5) is 21.2. The highest BCUT2D eigenvalue weighted by atomic mass is 32.2. The molecule has 32 heavy (non-hydrogen) atoms. The number of carbonyl (C=O) groups excluding carboxylic acids is 1. The summed E-state index contributed by atoms with van der Waals surface area (Å²) in [5.41, 5.74) is 0.485. The van der Waals surface area contributed by atoms with Gasteiger partial charge in [0.15, 0.2) is 5.82 Å². The summed E-state index contributed by atoms with van der Waals surface area (Å²) >= 11 is 1.14. The number of hydrogen-bond donors (Lipinski definition) is 3. The van der Waals surface area contributed by atoms with Gasteiger partial charge in [0, 0.05) is 43.4 Å². The summed E-state index contributed by atoms with van der Waals surface area (Å²) in [6.07, 6.45) is 12.1. The fourth-order valence-corrected chi connectivity index (χ4v) is 5.11. The van der Waals surface area contributed by atoms with E-state index in [0.29, 0.717) is 28.0 Å². The minimum Gasteiger partial charge on any atom is -0.390 e. The lowest BCUT2D eigenvalue weighted by molar-refractivity contribution is 0.0984. The van der Waals surface area contributed by atoms with Crippen LogP contribution >= 0.6 is 11.9 Å². The second-order valence-corrected chi connectivity index (χ2v) is 9.58. The molecule has 2 bridgehead atoms. The zero-order valence-corrected chi connectivity index (χ0v) is 19.5. The number of anilines is 1. The average Bonchev–Trinajstić information content (AvgIpc) is 3.45. The zero-order valence-electron chi connectivity index (χ0n) is 18.7. The van der Waals surface area contributed by atoms with Crippen LogP contribution in [0, 0.1) is 11.3 Å². The number of hydrogen-bond acceptors (Lipinski definition) is 7. The summed E-state index contributed by atoms with van der Waals surface area (Å²) in [5.74, 6) is 1.75. The van der Waals surface area contributed by atoms with E-state index >= 15 is 0 Å². The van der Waals surface area contributed by atoms with Gasteiger partial charge in [-0.05, 0) is 68.7 Å². The van der Waals surface area contributed by atoms with Crippen LogP contribution in [0.1, 0.15) is 56.3 Å². The Hall–Kier alpha value is -2.81. The number of nitrogens with zero attached hydrogens (tertiary/aromatic N) is 4. The van der Waals surface area contributed by atoms with Crippen molar-refractivity contribution in [3.63, 3.8) is 0 Å². The molecule has 4 heterocycles. The molecule has 9 heteroatoms. The first-order valence-electron chi connectivity index (χ1n) is 11.2. The molecule has 2 atom stereocenters. The Bertz CT molecular complexity index is 990. The Balaban J connectivity index is 1.76. The van der Waals surface area contributed by atoms with Gasteiger partial charge in [0.25, 0.3) is 5.91 Å². The van der Waals surface area contributed by atoms with Gasteiger partial charge < -0.3 is 15.6 Å². The summed E-state index contributed by atoms with van der Waals surface area (Å²) in [7, 11) is 0. The third-order valence-corrected chi connectivity index (χ3v) is 7.27. The second-order valence-electron chi connectivity index (χ2n) is 8.70. The van der Waals surface area contributed by atoms with Crippen LogP contribution in [-0.2, 0) is 0 Å². The Morgan fingerprint density at radius 1 is 1.38 bits per heavy atom. The standard InChI is InChI=1S/C23H31N7OS/c1-3-23(2)13-17-7-4-5-10-25-15-18(14-24)32-28-22(31)19-8-9-20(30-12-6-11-26-30)27-21(19)29(23)16-17/h6,8-9,11-12,14-15,17,24-25H,3-5,7,10,13,16H2,1-2H3,(H,28,31)/b18-15+,24-14?. The lowest BCUT2D eigenvalue weighted by Gasteiger charge is -2.36. The fraction of sp³-hybridized carbons (Fsp3) is 0.478. The van der Waals surface area contributed by atoms with Crippen molar-refractivity contribution in [2.75, 3.05) is 18.0 Å². The van der Waals surface area contributed by atoms with Gasteiger partial charge in [0.1, 0.15) is 5.82 Å². The Kier molecular flexibility index (Phi) is 6.83. The predicted molar refractivity (Wildman–Crippen MR) is 129 cm³/mol. The Morgan fingerprint density at radius 3 is 3.00 bits per heavy atom. The topological polar surface area (TPSA) is 98.9 Å². The maximum Gasteiger partial charge on any atom is 0.265 e. The normalized spacial score (nSPS) is 26.1. The molecule has 2 aliphatic rings. The van der Waals surface area contributed by atoms with Gasteiger partial charge in [-0.2, -0.15) is 5.10 Å². The maximum absolute atomic E-state index is 13.2. The van der Waals surface area contributed by atoms with Crippen LogP contribution in [0.4, 0.5) is 5.82 Å². The van der Waals surface area contributed by atoms with Gasteiger partial charge in [0.05, 0.1) is 10.5 Å². The molecule has 2 aromatic rings. The Labute approximate surface area is 193 Å². The third kappa shape index (κ3) is 4.67. The van der Waals surface area contributed by atoms with Crippen LogP contribution in [0.5, 0.6) is 0 Å². The van der Waals surface area contributed by atoms with Crippen molar-refractivity contribution in [3.05, 3.63) is 47.3 Å². The highest BCUT2D eigenvalue weighted by Gasteiger charge is 2.42. The van der Waals surface area contributed by atoms with Crippen LogP contribution < -0.4 is 14.9 Å². The molecule has 0 saturated carbocycles. The van der Waals surface area contributed by atoms with Gasteiger partial charge in [-0.1, -0.05) is 13.3 Å². The van der Waals surface area contributed by atoms with Crippen molar-refractivity contribution < 1.29 is 4.79 Å². The van der Waals surface area contributed by atoms with Crippen LogP contribution in [0.3, 0.4) is 0 Å². The maximum atomic E-state index is 13.2. The van der Waals surface area contributed by atoms with Crippen LogP contribution in [0.2, 0.25) is 0 Å². The smallest absolute Gasteiger partial charge is 0.265 e. The number of nitrogens with one attached hydrogen (secondary N) is 3. The molecular weight excluding hydrogens is 422 g/mol. The van der Waals surface area contributed by atoms with Crippen LogP contribution in [0.15, 0.2) is 41.7 Å². The van der Waals surface area contributed by atoms with E-state index in [1.54, 1.807) is 17.1 Å². The lowest BCUT2D eigenvalue weighted by Crippen LogP contribution is -2.42. The molecule has 0 spiro atoms. The van der Waals surface area contributed by atoms with Gasteiger partial charge in [0.2, 0.25) is 0 Å². The molecule has 2 unspecified atom stereocenters. The van der Waals surface area contributed by atoms with E-state index in [2.05, 4.69) is 33.9 Å². The van der Waals surface area contributed by atoms with Gasteiger partial charge >= 0.3 is 0 Å². The summed E-state index contributed by atoms with van der Waals surface area (Å²) in [5, 5.41) is 15.2. The molecule has 2 aliphatic heterocycles. The van der Waals surface area contributed by atoms with Crippen molar-refractivity contribution in [3.8, 4) is 5.82 Å². The summed E-state index contributed by atoms with van der Waals surface area (Å²) < 4.78 is 4.62. The van der Waals surface area contributed by atoms with Crippen LogP contribution in [-0.4, -0.2) is 45.5 Å².